The van der Waals surface area contributed by atoms with Crippen molar-refractivity contribution in [3.8, 4) is 0 Å². The van der Waals surface area contributed by atoms with Crippen LogP contribution in [0.5, 0.6) is 0 Å². The zero-order chi connectivity index (χ0) is 10.6. The Kier molecular flexibility index (Phi) is 5.73. The van der Waals surface area contributed by atoms with Crippen molar-refractivity contribution < 1.29 is 29.6 Å². The standard InChI is InChI=1S/2C3H7O.C3H7.O.Zr/c2*1-3(2)4;1-3-2;;/h2*3H,1-2H3;3H,1-2H3;;/q2*-1;;;+2. The summed E-state index contributed by atoms with van der Waals surface area (Å²) in [6, 6.07) is 0. The van der Waals surface area contributed by atoms with Gasteiger partial charge in [-0.05, 0) is 0 Å². The fourth-order valence-corrected chi connectivity index (χ4v) is 5.66. The minimum atomic E-state index is -3.97. The van der Waals surface area contributed by atoms with Gasteiger partial charge in [0.05, 0.1) is 0 Å². The Morgan fingerprint density at radius 1 is 0.846 bits per heavy atom. The summed E-state index contributed by atoms with van der Waals surface area (Å²) in [7, 11) is 0. The molecule has 13 heavy (non-hydrogen) atoms. The monoisotopic (exact) mass is 267 g/mol. The van der Waals surface area contributed by atoms with Gasteiger partial charge in [-0.1, -0.05) is 0 Å². The SMILES string of the molecule is CC(C)[O][Zr](=[O])([O]C(C)C)[CH](C)C. The molecule has 0 bridgehead atoms. The van der Waals surface area contributed by atoms with E-state index in [1.807, 2.05) is 41.5 Å². The van der Waals surface area contributed by atoms with Crippen LogP contribution in [-0.4, -0.2) is 12.2 Å². The van der Waals surface area contributed by atoms with Gasteiger partial charge in [-0.15, -0.1) is 0 Å². The van der Waals surface area contributed by atoms with Gasteiger partial charge in [0.25, 0.3) is 0 Å². The average Bonchev–Trinajstić information content (AvgIpc) is 1.82. The molecule has 0 aliphatic rings. The molecule has 0 aromatic heterocycles. The van der Waals surface area contributed by atoms with Gasteiger partial charge < -0.3 is 0 Å². The van der Waals surface area contributed by atoms with Crippen LogP contribution in [0.2, 0.25) is 3.63 Å². The minimum absolute atomic E-state index is 0.0131. The summed E-state index contributed by atoms with van der Waals surface area (Å²) in [6.07, 6.45) is -0.0381. The molecule has 0 heterocycles. The Labute approximate surface area is 86.9 Å². The summed E-state index contributed by atoms with van der Waals surface area (Å²) in [4.78, 5) is 0. The van der Waals surface area contributed by atoms with Gasteiger partial charge in [-0.2, -0.15) is 0 Å². The Balaban J connectivity index is 4.45. The molecule has 0 atom stereocenters. The second kappa shape index (κ2) is 5.48. The molecule has 0 saturated carbocycles. The van der Waals surface area contributed by atoms with Crippen molar-refractivity contribution in [2.45, 2.75) is 57.4 Å². The molecule has 0 aromatic carbocycles. The van der Waals surface area contributed by atoms with Crippen LogP contribution in [0.4, 0.5) is 0 Å². The summed E-state index contributed by atoms with van der Waals surface area (Å²) in [6.45, 7) is 11.3. The average molecular weight is 268 g/mol. The van der Waals surface area contributed by atoms with E-state index >= 15 is 0 Å². The van der Waals surface area contributed by atoms with Crippen molar-refractivity contribution in [2.75, 3.05) is 0 Å². The van der Waals surface area contributed by atoms with Crippen molar-refractivity contribution in [3.05, 3.63) is 0 Å². The molecule has 0 rings (SSSR count). The Morgan fingerprint density at radius 3 is 1.31 bits per heavy atom. The van der Waals surface area contributed by atoms with Crippen molar-refractivity contribution in [1.82, 2.24) is 0 Å². The molecule has 0 radical (unpaired) electrons. The number of hydrogen-bond acceptors (Lipinski definition) is 3. The summed E-state index contributed by atoms with van der Waals surface area (Å²) >= 11 is -3.97. The Hall–Kier alpha value is 0.603. The first kappa shape index (κ1) is 13.6. The van der Waals surface area contributed by atoms with Crippen molar-refractivity contribution in [3.63, 3.8) is 0 Å². The first-order chi connectivity index (χ1) is 5.78. The number of rotatable bonds is 5. The van der Waals surface area contributed by atoms with Crippen LogP contribution in [0.15, 0.2) is 0 Å². The van der Waals surface area contributed by atoms with E-state index < -0.39 is 21.2 Å². The van der Waals surface area contributed by atoms with E-state index in [-0.39, 0.29) is 15.8 Å². The topological polar surface area (TPSA) is 35.5 Å². The van der Waals surface area contributed by atoms with E-state index in [9.17, 15) is 2.81 Å². The predicted octanol–water partition coefficient (Wildman–Crippen LogP) is 2.99. The maximum atomic E-state index is 12.2. The summed E-state index contributed by atoms with van der Waals surface area (Å²) in [5.41, 5.74) is 0. The molecule has 0 fully saturated rings. The van der Waals surface area contributed by atoms with Crippen LogP contribution in [-0.2, 0) is 29.6 Å². The molecule has 0 spiro atoms. The van der Waals surface area contributed by atoms with Gasteiger partial charge in [0.2, 0.25) is 0 Å². The van der Waals surface area contributed by atoms with E-state index in [2.05, 4.69) is 0 Å². The fraction of sp³-hybridized carbons (Fsp3) is 1.00. The molecular weight excluding hydrogens is 247 g/mol. The van der Waals surface area contributed by atoms with Crippen LogP contribution in [0.3, 0.4) is 0 Å². The predicted molar refractivity (Wildman–Crippen MR) is 48.2 cm³/mol. The van der Waals surface area contributed by atoms with Crippen LogP contribution in [0.25, 0.3) is 0 Å². The van der Waals surface area contributed by atoms with Crippen molar-refractivity contribution in [1.29, 1.82) is 0 Å². The van der Waals surface area contributed by atoms with Gasteiger partial charge >= 0.3 is 87.0 Å². The van der Waals surface area contributed by atoms with E-state index in [4.69, 9.17) is 5.63 Å². The molecule has 0 unspecified atom stereocenters. The summed E-state index contributed by atoms with van der Waals surface area (Å²) in [5, 5.41) is 0. The molecule has 0 N–H and O–H groups in total. The molecule has 0 aliphatic carbocycles. The third-order valence-corrected chi connectivity index (χ3v) is 8.92. The van der Waals surface area contributed by atoms with Crippen LogP contribution >= 0.6 is 0 Å². The maximum absolute atomic E-state index is 12.2. The van der Waals surface area contributed by atoms with E-state index in [0.29, 0.717) is 0 Å². The Bertz CT molecular complexity index is 173. The Morgan fingerprint density at radius 2 is 1.15 bits per heavy atom. The first-order valence-electron chi connectivity index (χ1n) is 4.84. The van der Waals surface area contributed by atoms with Gasteiger partial charge in [0, 0.05) is 0 Å². The first-order valence-corrected chi connectivity index (χ1v) is 9.27. The van der Waals surface area contributed by atoms with E-state index in [1.165, 1.54) is 0 Å². The zero-order valence-electron chi connectivity index (χ0n) is 9.46. The second-order valence-electron chi connectivity index (χ2n) is 4.09. The molecule has 4 heteroatoms. The van der Waals surface area contributed by atoms with Gasteiger partial charge in [-0.3, -0.25) is 0 Å². The summed E-state index contributed by atoms with van der Waals surface area (Å²) in [5.74, 6) is 0. The normalized spacial score (nSPS) is 13.3. The second-order valence-corrected chi connectivity index (χ2v) is 11.1. The quantitative estimate of drug-likeness (QED) is 0.769. The van der Waals surface area contributed by atoms with Crippen molar-refractivity contribution >= 4 is 0 Å². The van der Waals surface area contributed by atoms with E-state index in [0.717, 1.165) is 0 Å². The van der Waals surface area contributed by atoms with Gasteiger partial charge in [-0.25, -0.2) is 0 Å². The van der Waals surface area contributed by atoms with E-state index in [1.54, 1.807) is 0 Å². The molecule has 0 aliphatic heterocycles. The third kappa shape index (κ3) is 5.14. The van der Waals surface area contributed by atoms with Crippen molar-refractivity contribution in [2.24, 2.45) is 0 Å². The van der Waals surface area contributed by atoms with Gasteiger partial charge in [0.1, 0.15) is 0 Å². The van der Waals surface area contributed by atoms with Gasteiger partial charge in [0.15, 0.2) is 0 Å². The zero-order valence-corrected chi connectivity index (χ0v) is 11.9. The molecular formula is C9H21O3Zr. The summed E-state index contributed by atoms with van der Waals surface area (Å²) < 4.78 is 23.1. The fourth-order valence-electron chi connectivity index (χ4n) is 0.957. The number of hydrogen-bond donors (Lipinski definition) is 0. The molecule has 0 saturated heterocycles. The molecule has 3 nitrogen and oxygen atoms in total. The van der Waals surface area contributed by atoms with Crippen LogP contribution in [0.1, 0.15) is 41.5 Å². The molecule has 0 aromatic rings. The molecule has 79 valence electrons. The van der Waals surface area contributed by atoms with Crippen LogP contribution in [0, 0.1) is 0 Å². The molecule has 0 amide bonds. The van der Waals surface area contributed by atoms with Crippen LogP contribution < -0.4 is 0 Å². The third-order valence-electron chi connectivity index (χ3n) is 1.51.